The Morgan fingerprint density at radius 3 is 2.48 bits per heavy atom. The van der Waals surface area contributed by atoms with Crippen molar-refractivity contribution in [3.63, 3.8) is 0 Å². The molecule has 3 rings (SSSR count). The lowest BCUT2D eigenvalue weighted by Gasteiger charge is -2.27. The number of piperidine rings is 1. The van der Waals surface area contributed by atoms with Gasteiger partial charge in [0, 0.05) is 18.2 Å². The molecule has 8 nitrogen and oxygen atoms in total. The molecule has 23 heavy (non-hydrogen) atoms. The summed E-state index contributed by atoms with van der Waals surface area (Å²) in [5.74, 6) is 0. The molecule has 122 valence electrons. The highest BCUT2D eigenvalue weighted by Gasteiger charge is 2.23. The molecule has 0 unspecified atom stereocenters. The molecule has 1 aromatic carbocycles. The Kier molecular flexibility index (Phi) is 4.18. The molecule has 0 aliphatic carbocycles. The number of hydrogen-bond donors (Lipinski definition) is 2. The third kappa shape index (κ3) is 2.99. The molecule has 0 atom stereocenters. The van der Waals surface area contributed by atoms with E-state index in [1.165, 1.54) is 6.07 Å². The molecule has 0 amide bonds. The molecule has 1 saturated heterocycles. The van der Waals surface area contributed by atoms with Crippen LogP contribution in [0.25, 0.3) is 11.0 Å². The number of aromatic amines is 2. The van der Waals surface area contributed by atoms with Crippen molar-refractivity contribution in [2.24, 2.45) is 0 Å². The molecule has 1 aromatic heterocycles. The van der Waals surface area contributed by atoms with E-state index in [4.69, 9.17) is 11.6 Å². The van der Waals surface area contributed by atoms with Crippen molar-refractivity contribution in [3.8, 4) is 0 Å². The summed E-state index contributed by atoms with van der Waals surface area (Å²) in [4.78, 5) is 40.7. The maximum atomic E-state index is 11.6. The summed E-state index contributed by atoms with van der Waals surface area (Å²) < 4.78 is 0. The topological polar surface area (TPSA) is 112 Å². The molecule has 2 aromatic rings. The Balaban J connectivity index is 2.20. The number of hydrogen-bond acceptors (Lipinski definition) is 5. The summed E-state index contributed by atoms with van der Waals surface area (Å²) in [5.41, 5.74) is -0.922. The number of benzene rings is 1. The van der Waals surface area contributed by atoms with Gasteiger partial charge in [-0.25, -0.2) is 0 Å². The molecule has 2 N–H and O–H groups in total. The third-order valence-corrected chi connectivity index (χ3v) is 4.48. The average Bonchev–Trinajstić information content (AvgIpc) is 2.52. The fourth-order valence-corrected chi connectivity index (χ4v) is 3.19. The smallest absolute Gasteiger partial charge is 0.314 e. The van der Waals surface area contributed by atoms with Crippen molar-refractivity contribution in [3.05, 3.63) is 47.5 Å². The lowest BCUT2D eigenvalue weighted by atomic mass is 10.1. The minimum absolute atomic E-state index is 0.00391. The minimum Gasteiger partial charge on any atom is -0.316 e. The Morgan fingerprint density at radius 2 is 1.83 bits per heavy atom. The third-order valence-electron chi connectivity index (χ3n) is 4.06. The van der Waals surface area contributed by atoms with E-state index >= 15 is 0 Å². The highest BCUT2D eigenvalue weighted by molar-refractivity contribution is 6.34. The molecule has 0 bridgehead atoms. The van der Waals surface area contributed by atoms with Crippen molar-refractivity contribution in [2.45, 2.75) is 25.8 Å². The van der Waals surface area contributed by atoms with E-state index in [9.17, 15) is 19.7 Å². The van der Waals surface area contributed by atoms with Crippen LogP contribution in [0.1, 0.15) is 24.8 Å². The largest absolute Gasteiger partial charge is 0.316 e. The Labute approximate surface area is 135 Å². The number of nitro benzene ring substituents is 1. The highest BCUT2D eigenvalue weighted by Crippen LogP contribution is 2.34. The molecule has 1 aliphatic heterocycles. The van der Waals surface area contributed by atoms with Gasteiger partial charge in [0.15, 0.2) is 0 Å². The first-order valence-electron chi connectivity index (χ1n) is 7.32. The molecule has 2 heterocycles. The van der Waals surface area contributed by atoms with Crippen LogP contribution < -0.4 is 11.1 Å². The monoisotopic (exact) mass is 338 g/mol. The van der Waals surface area contributed by atoms with Gasteiger partial charge < -0.3 is 9.97 Å². The van der Waals surface area contributed by atoms with Crippen molar-refractivity contribution < 1.29 is 4.92 Å². The molecular formula is C14H15ClN4O4. The van der Waals surface area contributed by atoms with E-state index in [1.54, 1.807) is 0 Å². The maximum Gasteiger partial charge on any atom is 0.314 e. The van der Waals surface area contributed by atoms with Gasteiger partial charge >= 0.3 is 11.1 Å². The standard InChI is InChI=1S/C14H15ClN4O4/c15-11-8(7-18-4-2-1-3-5-18)12-9(6-10(11)19(22)23)16-13(20)14(21)17-12/h6H,1-5,7H2,(H,16,20)(H,17,21). The number of halogens is 1. The minimum atomic E-state index is -0.849. The predicted octanol–water partition coefficient (Wildman–Crippen LogP) is 1.76. The van der Waals surface area contributed by atoms with Crippen molar-refractivity contribution in [1.82, 2.24) is 14.9 Å². The molecule has 0 radical (unpaired) electrons. The molecule has 0 saturated carbocycles. The molecule has 9 heteroatoms. The van der Waals surface area contributed by atoms with Gasteiger partial charge in [-0.2, -0.15) is 0 Å². The Hall–Kier alpha value is -2.19. The number of nitrogens with zero attached hydrogens (tertiary/aromatic N) is 2. The zero-order valence-corrected chi connectivity index (χ0v) is 13.0. The van der Waals surface area contributed by atoms with Gasteiger partial charge in [0.25, 0.3) is 5.69 Å². The fraction of sp³-hybridized carbons (Fsp3) is 0.429. The highest BCUT2D eigenvalue weighted by atomic mass is 35.5. The number of nitrogens with one attached hydrogen (secondary N) is 2. The van der Waals surface area contributed by atoms with Gasteiger partial charge in [0.1, 0.15) is 5.02 Å². The van der Waals surface area contributed by atoms with E-state index < -0.39 is 16.0 Å². The molecule has 1 aliphatic rings. The van der Waals surface area contributed by atoms with Gasteiger partial charge in [0.05, 0.1) is 16.0 Å². The van der Waals surface area contributed by atoms with Crippen LogP contribution >= 0.6 is 11.6 Å². The second-order valence-corrected chi connectivity index (χ2v) is 5.99. The first-order chi connectivity index (χ1) is 11.0. The summed E-state index contributed by atoms with van der Waals surface area (Å²) >= 11 is 6.21. The summed E-state index contributed by atoms with van der Waals surface area (Å²) in [7, 11) is 0. The summed E-state index contributed by atoms with van der Waals surface area (Å²) in [6.45, 7) is 2.13. The van der Waals surface area contributed by atoms with Crippen molar-refractivity contribution in [2.75, 3.05) is 13.1 Å². The fourth-order valence-electron chi connectivity index (χ4n) is 2.91. The van der Waals surface area contributed by atoms with E-state index in [0.29, 0.717) is 17.6 Å². The van der Waals surface area contributed by atoms with Gasteiger partial charge in [-0.05, 0) is 25.9 Å². The van der Waals surface area contributed by atoms with Crippen LogP contribution in [0.4, 0.5) is 5.69 Å². The van der Waals surface area contributed by atoms with E-state index in [2.05, 4.69) is 14.9 Å². The summed E-state index contributed by atoms with van der Waals surface area (Å²) in [6.07, 6.45) is 3.26. The second kappa shape index (κ2) is 6.13. The van der Waals surface area contributed by atoms with E-state index in [-0.39, 0.29) is 16.2 Å². The summed E-state index contributed by atoms with van der Waals surface area (Å²) in [5, 5.41) is 11.2. The quantitative estimate of drug-likeness (QED) is 0.503. The molecular weight excluding hydrogens is 324 g/mol. The van der Waals surface area contributed by atoms with Gasteiger partial charge in [-0.15, -0.1) is 0 Å². The first-order valence-corrected chi connectivity index (χ1v) is 7.69. The van der Waals surface area contributed by atoms with Crippen LogP contribution in [-0.4, -0.2) is 32.9 Å². The first kappa shape index (κ1) is 15.7. The van der Waals surface area contributed by atoms with Crippen LogP contribution in [0.15, 0.2) is 15.7 Å². The van der Waals surface area contributed by atoms with Gasteiger partial charge in [-0.1, -0.05) is 18.0 Å². The predicted molar refractivity (Wildman–Crippen MR) is 86.0 cm³/mol. The Morgan fingerprint density at radius 1 is 1.17 bits per heavy atom. The number of likely N-dealkylation sites (tertiary alicyclic amines) is 1. The number of aromatic nitrogens is 2. The zero-order valence-electron chi connectivity index (χ0n) is 12.2. The van der Waals surface area contributed by atoms with E-state index in [0.717, 1.165) is 32.4 Å². The van der Waals surface area contributed by atoms with Crippen LogP contribution in [-0.2, 0) is 6.54 Å². The number of fused-ring (bicyclic) bond motifs is 1. The van der Waals surface area contributed by atoms with Crippen LogP contribution in [0, 0.1) is 10.1 Å². The number of nitro groups is 1. The van der Waals surface area contributed by atoms with Crippen LogP contribution in [0.2, 0.25) is 5.02 Å². The number of H-pyrrole nitrogens is 2. The van der Waals surface area contributed by atoms with Gasteiger partial charge in [-0.3, -0.25) is 24.6 Å². The zero-order chi connectivity index (χ0) is 16.6. The lowest BCUT2D eigenvalue weighted by molar-refractivity contribution is -0.384. The van der Waals surface area contributed by atoms with Crippen LogP contribution in [0.3, 0.4) is 0 Å². The normalized spacial score (nSPS) is 15.9. The van der Waals surface area contributed by atoms with Crippen molar-refractivity contribution >= 4 is 28.3 Å². The van der Waals surface area contributed by atoms with Gasteiger partial charge in [0.2, 0.25) is 0 Å². The Bertz CT molecular complexity index is 883. The summed E-state index contributed by atoms with van der Waals surface area (Å²) in [6, 6.07) is 1.18. The average molecular weight is 339 g/mol. The number of rotatable bonds is 3. The SMILES string of the molecule is O=c1[nH]c2cc([N+](=O)[O-])c(Cl)c(CN3CCCCC3)c2[nH]c1=O. The molecule has 0 spiro atoms. The second-order valence-electron chi connectivity index (χ2n) is 5.61. The van der Waals surface area contributed by atoms with Crippen LogP contribution in [0.5, 0.6) is 0 Å². The lowest BCUT2D eigenvalue weighted by Crippen LogP contribution is -2.31. The van der Waals surface area contributed by atoms with Crippen molar-refractivity contribution in [1.29, 1.82) is 0 Å². The molecule has 1 fully saturated rings. The maximum absolute atomic E-state index is 11.6. The van der Waals surface area contributed by atoms with E-state index in [1.807, 2.05) is 0 Å².